The number of benzene rings is 2. The Labute approximate surface area is 141 Å². The van der Waals surface area contributed by atoms with E-state index in [4.69, 9.17) is 11.6 Å². The minimum absolute atomic E-state index is 0.0190. The average Bonchev–Trinajstić information content (AvgIpc) is 2.52. The van der Waals surface area contributed by atoms with Gasteiger partial charge in [-0.1, -0.05) is 17.7 Å². The Morgan fingerprint density at radius 2 is 1.92 bits per heavy atom. The molecule has 2 aromatic carbocycles. The zero-order chi connectivity index (χ0) is 17.7. The van der Waals surface area contributed by atoms with Crippen molar-refractivity contribution in [3.63, 3.8) is 0 Å². The molecule has 0 saturated heterocycles. The van der Waals surface area contributed by atoms with Gasteiger partial charge in [0.1, 0.15) is 11.6 Å². The summed E-state index contributed by atoms with van der Waals surface area (Å²) in [6.45, 7) is -2.94. The molecule has 0 unspecified atom stereocenters. The maximum absolute atomic E-state index is 13.7. The highest BCUT2D eigenvalue weighted by molar-refractivity contribution is 6.31. The van der Waals surface area contributed by atoms with Gasteiger partial charge in [-0.05, 0) is 36.4 Å². The van der Waals surface area contributed by atoms with Gasteiger partial charge in [-0.15, -0.1) is 0 Å². The Morgan fingerprint density at radius 3 is 2.50 bits per heavy atom. The molecule has 0 radical (unpaired) electrons. The van der Waals surface area contributed by atoms with Gasteiger partial charge in [0.25, 0.3) is 0 Å². The first kappa shape index (κ1) is 17.9. The van der Waals surface area contributed by atoms with Crippen LogP contribution in [0.25, 0.3) is 0 Å². The summed E-state index contributed by atoms with van der Waals surface area (Å²) in [5.41, 5.74) is 0.589. The van der Waals surface area contributed by atoms with Gasteiger partial charge in [0, 0.05) is 23.3 Å². The molecule has 0 saturated carbocycles. The van der Waals surface area contributed by atoms with Crippen molar-refractivity contribution >= 4 is 23.3 Å². The standard InChI is InChI=1S/C16H14ClF3N2O2/c1-22(9-12-13(17)3-2-4-14(12)18)16(23)21-10-5-7-11(8-6-10)24-15(19)20/h2-8,15H,9H2,1H3,(H,21,23). The Kier molecular flexibility index (Phi) is 5.92. The van der Waals surface area contributed by atoms with Crippen LogP contribution in [0.15, 0.2) is 42.5 Å². The Balaban J connectivity index is 1.99. The topological polar surface area (TPSA) is 41.6 Å². The number of halogens is 4. The van der Waals surface area contributed by atoms with Crippen LogP contribution in [-0.4, -0.2) is 24.6 Å². The molecule has 0 aliphatic heterocycles. The quantitative estimate of drug-likeness (QED) is 0.838. The van der Waals surface area contributed by atoms with Gasteiger partial charge >= 0.3 is 12.6 Å². The number of hydrogen-bond acceptors (Lipinski definition) is 2. The smallest absolute Gasteiger partial charge is 0.387 e. The highest BCUT2D eigenvalue weighted by Gasteiger charge is 2.14. The number of rotatable bonds is 5. The van der Waals surface area contributed by atoms with Crippen LogP contribution in [0.5, 0.6) is 5.75 Å². The van der Waals surface area contributed by atoms with Crippen molar-refractivity contribution in [1.29, 1.82) is 0 Å². The maximum atomic E-state index is 13.7. The molecule has 0 aliphatic carbocycles. The van der Waals surface area contributed by atoms with E-state index in [1.54, 1.807) is 0 Å². The summed E-state index contributed by atoms with van der Waals surface area (Å²) in [4.78, 5) is 13.3. The van der Waals surface area contributed by atoms with Gasteiger partial charge in [0.2, 0.25) is 0 Å². The third-order valence-corrected chi connectivity index (χ3v) is 3.49. The van der Waals surface area contributed by atoms with Crippen molar-refractivity contribution in [2.24, 2.45) is 0 Å². The lowest BCUT2D eigenvalue weighted by molar-refractivity contribution is -0.0498. The number of carbonyl (C=O) groups is 1. The average molecular weight is 359 g/mol. The molecular formula is C16H14ClF3N2O2. The number of alkyl halides is 2. The molecule has 2 aromatic rings. The SMILES string of the molecule is CN(Cc1c(F)cccc1Cl)C(=O)Nc1ccc(OC(F)F)cc1. The second-order valence-electron chi connectivity index (χ2n) is 4.89. The summed E-state index contributed by atoms with van der Waals surface area (Å²) in [5.74, 6) is -0.523. The summed E-state index contributed by atoms with van der Waals surface area (Å²) >= 11 is 5.92. The van der Waals surface area contributed by atoms with Crippen LogP contribution >= 0.6 is 11.6 Å². The van der Waals surface area contributed by atoms with Crippen molar-refractivity contribution in [3.05, 3.63) is 58.9 Å². The fourth-order valence-corrected chi connectivity index (χ4v) is 2.15. The summed E-state index contributed by atoms with van der Waals surface area (Å²) in [7, 11) is 1.48. The summed E-state index contributed by atoms with van der Waals surface area (Å²) in [5, 5.41) is 2.78. The van der Waals surface area contributed by atoms with Crippen LogP contribution < -0.4 is 10.1 Å². The number of carbonyl (C=O) groups excluding carboxylic acids is 1. The Bertz CT molecular complexity index is 691. The number of nitrogens with zero attached hydrogens (tertiary/aromatic N) is 1. The first-order chi connectivity index (χ1) is 11.4. The minimum Gasteiger partial charge on any atom is -0.435 e. The van der Waals surface area contributed by atoms with E-state index in [9.17, 15) is 18.0 Å². The van der Waals surface area contributed by atoms with Gasteiger partial charge in [0.15, 0.2) is 0 Å². The van der Waals surface area contributed by atoms with Crippen LogP contribution in [0.1, 0.15) is 5.56 Å². The Hall–Kier alpha value is -2.41. The molecule has 24 heavy (non-hydrogen) atoms. The van der Waals surface area contributed by atoms with E-state index in [-0.39, 0.29) is 22.9 Å². The second kappa shape index (κ2) is 7.92. The van der Waals surface area contributed by atoms with E-state index >= 15 is 0 Å². The van der Waals surface area contributed by atoms with Crippen LogP contribution in [0.4, 0.5) is 23.7 Å². The fraction of sp³-hybridized carbons (Fsp3) is 0.188. The van der Waals surface area contributed by atoms with E-state index in [0.717, 1.165) is 0 Å². The summed E-state index contributed by atoms with van der Waals surface area (Å²) < 4.78 is 42.1. The molecule has 0 heterocycles. The van der Waals surface area contributed by atoms with E-state index in [0.29, 0.717) is 5.69 Å². The molecule has 0 bridgehead atoms. The number of anilines is 1. The van der Waals surface area contributed by atoms with Crippen LogP contribution in [0.2, 0.25) is 5.02 Å². The summed E-state index contributed by atoms with van der Waals surface area (Å²) in [6.07, 6.45) is 0. The molecular weight excluding hydrogens is 345 g/mol. The van der Waals surface area contributed by atoms with Crippen molar-refractivity contribution in [3.8, 4) is 5.75 Å². The first-order valence-corrected chi connectivity index (χ1v) is 7.24. The third kappa shape index (κ3) is 4.79. The van der Waals surface area contributed by atoms with E-state index in [1.807, 2.05) is 0 Å². The van der Waals surface area contributed by atoms with E-state index in [2.05, 4.69) is 10.1 Å². The van der Waals surface area contributed by atoms with Crippen molar-refractivity contribution in [2.45, 2.75) is 13.2 Å². The molecule has 0 fully saturated rings. The van der Waals surface area contributed by atoms with Gasteiger partial charge < -0.3 is 15.0 Å². The van der Waals surface area contributed by atoms with E-state index < -0.39 is 18.5 Å². The van der Waals surface area contributed by atoms with Crippen LogP contribution in [0, 0.1) is 5.82 Å². The largest absolute Gasteiger partial charge is 0.435 e. The van der Waals surface area contributed by atoms with E-state index in [1.165, 1.54) is 54.4 Å². The molecule has 0 atom stereocenters. The third-order valence-electron chi connectivity index (χ3n) is 3.13. The predicted octanol–water partition coefficient (Wildman–Crippen LogP) is 4.74. The van der Waals surface area contributed by atoms with Gasteiger partial charge in [0.05, 0.1) is 6.54 Å². The highest BCUT2D eigenvalue weighted by atomic mass is 35.5. The number of ether oxygens (including phenoxy) is 1. The van der Waals surface area contributed by atoms with Crippen molar-refractivity contribution in [1.82, 2.24) is 4.90 Å². The Morgan fingerprint density at radius 1 is 1.25 bits per heavy atom. The normalized spacial score (nSPS) is 10.6. The molecule has 128 valence electrons. The summed E-state index contributed by atoms with van der Waals surface area (Å²) in [6, 6.07) is 9.20. The second-order valence-corrected chi connectivity index (χ2v) is 5.30. The number of urea groups is 1. The van der Waals surface area contributed by atoms with Crippen LogP contribution in [0.3, 0.4) is 0 Å². The molecule has 0 aliphatic rings. The number of amides is 2. The zero-order valence-corrected chi connectivity index (χ0v) is 13.4. The highest BCUT2D eigenvalue weighted by Crippen LogP contribution is 2.21. The van der Waals surface area contributed by atoms with Gasteiger partial charge in [-0.2, -0.15) is 8.78 Å². The predicted molar refractivity (Wildman–Crippen MR) is 85.0 cm³/mol. The molecule has 8 heteroatoms. The monoisotopic (exact) mass is 358 g/mol. The van der Waals surface area contributed by atoms with Crippen molar-refractivity contribution in [2.75, 3.05) is 12.4 Å². The van der Waals surface area contributed by atoms with Gasteiger partial charge in [-0.25, -0.2) is 9.18 Å². The number of hydrogen-bond donors (Lipinski definition) is 1. The number of nitrogens with one attached hydrogen (secondary N) is 1. The van der Waals surface area contributed by atoms with Gasteiger partial charge in [-0.3, -0.25) is 0 Å². The molecule has 2 rings (SSSR count). The molecule has 2 amide bonds. The molecule has 1 N–H and O–H groups in total. The molecule has 0 spiro atoms. The fourth-order valence-electron chi connectivity index (χ4n) is 1.93. The molecule has 0 aromatic heterocycles. The lowest BCUT2D eigenvalue weighted by atomic mass is 10.2. The minimum atomic E-state index is -2.91. The lowest BCUT2D eigenvalue weighted by Crippen LogP contribution is -2.31. The lowest BCUT2D eigenvalue weighted by Gasteiger charge is -2.19. The molecule has 4 nitrogen and oxygen atoms in total. The first-order valence-electron chi connectivity index (χ1n) is 6.86. The maximum Gasteiger partial charge on any atom is 0.387 e. The van der Waals surface area contributed by atoms with Crippen LogP contribution in [-0.2, 0) is 6.54 Å². The van der Waals surface area contributed by atoms with Crippen molar-refractivity contribution < 1.29 is 22.7 Å². The zero-order valence-electron chi connectivity index (χ0n) is 12.6.